The number of halogens is 1. The van der Waals surface area contributed by atoms with Crippen molar-refractivity contribution in [2.24, 2.45) is 0 Å². The molecule has 0 heterocycles. The molecule has 11 heteroatoms. The Labute approximate surface area is 96.4 Å². The van der Waals surface area contributed by atoms with Crippen LogP contribution in [-0.2, 0) is 9.13 Å². The summed E-state index contributed by atoms with van der Waals surface area (Å²) in [4.78, 5) is 34.6. The first-order valence-corrected chi connectivity index (χ1v) is 7.63. The van der Waals surface area contributed by atoms with E-state index < -0.39 is 45.4 Å². The molecule has 0 aromatic heterocycles. The van der Waals surface area contributed by atoms with Gasteiger partial charge >= 0.3 is 20.3 Å². The molecule has 0 rings (SSSR count). The Morgan fingerprint density at radius 1 is 1.06 bits per heavy atom. The Hall–Kier alpha value is 0.150. The Kier molecular flexibility index (Phi) is 5.07. The van der Waals surface area contributed by atoms with Crippen molar-refractivity contribution >= 4 is 15.2 Å². The molecular formula is C6H15FO8P2. The van der Waals surface area contributed by atoms with Crippen LogP contribution in [0.3, 0.4) is 0 Å². The third-order valence-corrected chi connectivity index (χ3v) is 6.01. The van der Waals surface area contributed by atoms with Crippen molar-refractivity contribution in [2.45, 2.75) is 30.5 Å². The third kappa shape index (κ3) is 4.08. The molecule has 0 amide bonds. The predicted molar refractivity (Wildman–Crippen MR) is 54.9 cm³/mol. The Balaban J connectivity index is 5.16. The molecule has 1 atom stereocenters. The molecule has 104 valence electrons. The summed E-state index contributed by atoms with van der Waals surface area (Å²) in [6, 6.07) is 0. The summed E-state index contributed by atoms with van der Waals surface area (Å²) >= 11 is 0. The Morgan fingerprint density at radius 3 is 1.65 bits per heavy atom. The van der Waals surface area contributed by atoms with E-state index in [-0.39, 0.29) is 0 Å². The van der Waals surface area contributed by atoms with Gasteiger partial charge in [0, 0.05) is 6.42 Å². The zero-order chi connectivity index (χ0) is 14.1. The minimum atomic E-state index is -5.73. The maximum absolute atomic E-state index is 13.8. The smallest absolute Gasteiger partial charge is 0.375 e. The van der Waals surface area contributed by atoms with Crippen molar-refractivity contribution in [3.63, 3.8) is 0 Å². The summed E-state index contributed by atoms with van der Waals surface area (Å²) in [7, 11) is -11.5. The first-order chi connectivity index (χ1) is 7.27. The fourth-order valence-corrected chi connectivity index (χ4v) is 3.13. The van der Waals surface area contributed by atoms with Gasteiger partial charge < -0.3 is 29.8 Å². The van der Waals surface area contributed by atoms with Gasteiger partial charge in [-0.15, -0.1) is 0 Å². The van der Waals surface area contributed by atoms with E-state index in [1.807, 2.05) is 0 Å². The second-order valence-electron chi connectivity index (χ2n) is 3.96. The second-order valence-corrected chi connectivity index (χ2v) is 7.91. The van der Waals surface area contributed by atoms with Crippen molar-refractivity contribution in [1.29, 1.82) is 0 Å². The third-order valence-electron chi connectivity index (χ3n) is 2.21. The molecular weight excluding hydrogens is 281 g/mol. The normalized spacial score (nSPS) is 17.9. The van der Waals surface area contributed by atoms with Crippen molar-refractivity contribution in [3.8, 4) is 0 Å². The van der Waals surface area contributed by atoms with E-state index in [1.165, 1.54) is 0 Å². The monoisotopic (exact) mass is 296 g/mol. The number of aliphatic hydroxyl groups excluding tert-OH is 1. The van der Waals surface area contributed by atoms with Crippen LogP contribution >= 0.6 is 15.2 Å². The molecule has 6 N–H and O–H groups in total. The number of aliphatic hydroxyl groups is 2. The standard InChI is InChI=1S/C6H15FO8P2/c1-5(9,4-8)2-3-6(7,16(10,11)12)17(13,14)15/h8-9H,2-4H2,1H3,(H2,10,11,12)(H2,13,14,15). The number of hydrogen-bond acceptors (Lipinski definition) is 4. The fourth-order valence-electron chi connectivity index (χ4n) is 0.968. The summed E-state index contributed by atoms with van der Waals surface area (Å²) in [5, 5.41) is 13.9. The molecule has 0 aromatic carbocycles. The lowest BCUT2D eigenvalue weighted by molar-refractivity contribution is -0.0115. The van der Waals surface area contributed by atoms with Gasteiger partial charge in [-0.3, -0.25) is 9.13 Å². The molecule has 17 heavy (non-hydrogen) atoms. The van der Waals surface area contributed by atoms with Gasteiger partial charge in [-0.05, 0) is 13.3 Å². The minimum absolute atomic E-state index is 0.726. The van der Waals surface area contributed by atoms with Crippen molar-refractivity contribution in [3.05, 3.63) is 0 Å². The highest BCUT2D eigenvalue weighted by molar-refractivity contribution is 7.72. The van der Waals surface area contributed by atoms with Gasteiger partial charge in [0.05, 0.1) is 12.2 Å². The van der Waals surface area contributed by atoms with Gasteiger partial charge in [-0.25, -0.2) is 4.39 Å². The summed E-state index contributed by atoms with van der Waals surface area (Å²) in [5.74, 6) is 0. The lowest BCUT2D eigenvalue weighted by Gasteiger charge is -2.29. The molecule has 0 bridgehead atoms. The van der Waals surface area contributed by atoms with Crippen LogP contribution in [0.2, 0.25) is 0 Å². The molecule has 0 fully saturated rings. The first kappa shape index (κ1) is 17.2. The lowest BCUT2D eigenvalue weighted by Crippen LogP contribution is -2.33. The Bertz CT molecular complexity index is 335. The molecule has 0 aliphatic heterocycles. The van der Waals surface area contributed by atoms with Crippen LogP contribution in [0.4, 0.5) is 4.39 Å². The molecule has 0 aliphatic rings. The molecule has 0 aromatic rings. The van der Waals surface area contributed by atoms with Crippen molar-refractivity contribution in [1.82, 2.24) is 0 Å². The first-order valence-electron chi connectivity index (χ1n) is 4.40. The topological polar surface area (TPSA) is 156 Å². The molecule has 0 spiro atoms. The number of hydrogen-bond donors (Lipinski definition) is 6. The van der Waals surface area contributed by atoms with E-state index in [9.17, 15) is 18.6 Å². The maximum atomic E-state index is 13.8. The van der Waals surface area contributed by atoms with E-state index in [4.69, 9.17) is 24.7 Å². The van der Waals surface area contributed by atoms with E-state index >= 15 is 0 Å². The SMILES string of the molecule is CC(O)(CO)CCC(F)(P(=O)(O)O)P(=O)(O)O. The zero-order valence-electron chi connectivity index (χ0n) is 8.89. The maximum Gasteiger partial charge on any atom is 0.375 e. The lowest BCUT2D eigenvalue weighted by atomic mass is 10.0. The van der Waals surface area contributed by atoms with Crippen LogP contribution in [0, 0.1) is 0 Å². The summed E-state index contributed by atoms with van der Waals surface area (Å²) in [6.45, 7) is 0.193. The molecule has 0 saturated carbocycles. The van der Waals surface area contributed by atoms with Gasteiger partial charge in [-0.1, -0.05) is 0 Å². The van der Waals surface area contributed by atoms with Crippen LogP contribution in [-0.4, -0.2) is 47.1 Å². The van der Waals surface area contributed by atoms with E-state index in [2.05, 4.69) is 0 Å². The largest absolute Gasteiger partial charge is 0.393 e. The van der Waals surface area contributed by atoms with E-state index in [0.29, 0.717) is 0 Å². The molecule has 1 unspecified atom stereocenters. The average molecular weight is 296 g/mol. The average Bonchev–Trinajstić information content (AvgIpc) is 2.10. The molecule has 0 saturated heterocycles. The van der Waals surface area contributed by atoms with Crippen molar-refractivity contribution < 1.29 is 43.3 Å². The second kappa shape index (κ2) is 5.03. The van der Waals surface area contributed by atoms with Crippen molar-refractivity contribution in [2.75, 3.05) is 6.61 Å². The fraction of sp³-hybridized carbons (Fsp3) is 1.00. The molecule has 8 nitrogen and oxygen atoms in total. The predicted octanol–water partition coefficient (Wildman–Crippen LogP) is -0.511. The van der Waals surface area contributed by atoms with E-state index in [1.54, 1.807) is 0 Å². The van der Waals surface area contributed by atoms with Gasteiger partial charge in [-0.2, -0.15) is 0 Å². The van der Waals surface area contributed by atoms with Crippen LogP contribution in [0.1, 0.15) is 19.8 Å². The van der Waals surface area contributed by atoms with Gasteiger partial charge in [0.25, 0.3) is 0 Å². The quantitative estimate of drug-likeness (QED) is 0.358. The summed E-state index contributed by atoms with van der Waals surface area (Å²) in [5.41, 5.74) is -1.89. The van der Waals surface area contributed by atoms with Gasteiger partial charge in [0.15, 0.2) is 0 Å². The van der Waals surface area contributed by atoms with Crippen LogP contribution < -0.4 is 0 Å². The minimum Gasteiger partial charge on any atom is -0.393 e. The number of alkyl halides is 1. The van der Waals surface area contributed by atoms with Crippen LogP contribution in [0.5, 0.6) is 0 Å². The van der Waals surface area contributed by atoms with Crippen LogP contribution in [0.15, 0.2) is 0 Å². The highest BCUT2D eigenvalue weighted by Gasteiger charge is 2.61. The van der Waals surface area contributed by atoms with E-state index in [0.717, 1.165) is 6.92 Å². The highest BCUT2D eigenvalue weighted by atomic mass is 31.2. The summed E-state index contributed by atoms with van der Waals surface area (Å²) in [6.07, 6.45) is -2.01. The summed E-state index contributed by atoms with van der Waals surface area (Å²) < 4.78 is 35.3. The highest BCUT2D eigenvalue weighted by Crippen LogP contribution is 2.72. The van der Waals surface area contributed by atoms with Crippen LogP contribution in [0.25, 0.3) is 0 Å². The zero-order valence-corrected chi connectivity index (χ0v) is 10.7. The van der Waals surface area contributed by atoms with Gasteiger partial charge in [0.1, 0.15) is 0 Å². The molecule has 0 radical (unpaired) electrons. The number of rotatable bonds is 6. The molecule has 0 aliphatic carbocycles. The Morgan fingerprint density at radius 2 is 1.41 bits per heavy atom. The van der Waals surface area contributed by atoms with Gasteiger partial charge in [0.2, 0.25) is 0 Å².